The van der Waals surface area contributed by atoms with E-state index in [0.717, 1.165) is 11.7 Å². The van der Waals surface area contributed by atoms with E-state index in [-0.39, 0.29) is 0 Å². The molecule has 2 aromatic heterocycles. The lowest BCUT2D eigenvalue weighted by Crippen LogP contribution is -2.19. The summed E-state index contributed by atoms with van der Waals surface area (Å²) < 4.78 is 0. The quantitative estimate of drug-likeness (QED) is 0.781. The Balaban J connectivity index is 2.14. The van der Waals surface area contributed by atoms with Gasteiger partial charge in [-0.3, -0.25) is 0 Å². The topological polar surface area (TPSA) is 31.9 Å². The maximum absolute atomic E-state index is 4.28. The minimum atomic E-state index is 0.746. The molecule has 0 spiro atoms. The number of rotatable bonds is 2. The van der Waals surface area contributed by atoms with Crippen molar-refractivity contribution in [2.24, 2.45) is 0 Å². The Kier molecular flexibility index (Phi) is 1.54. The van der Waals surface area contributed by atoms with Crippen molar-refractivity contribution in [2.45, 2.75) is 18.9 Å². The van der Waals surface area contributed by atoms with Crippen LogP contribution in [0.15, 0.2) is 24.5 Å². The SMILES string of the molecule is CN(c1ccnc2[nH]ccc12)C1CC1. The molecule has 0 radical (unpaired) electrons. The van der Waals surface area contributed by atoms with Crippen LogP contribution in [0.1, 0.15) is 12.8 Å². The fourth-order valence-corrected chi connectivity index (χ4v) is 1.91. The largest absolute Gasteiger partial charge is 0.371 e. The summed E-state index contributed by atoms with van der Waals surface area (Å²) in [5.41, 5.74) is 2.27. The van der Waals surface area contributed by atoms with Crippen LogP contribution in [0.3, 0.4) is 0 Å². The van der Waals surface area contributed by atoms with Gasteiger partial charge in [0, 0.05) is 36.6 Å². The second-order valence-electron chi connectivity index (χ2n) is 3.91. The van der Waals surface area contributed by atoms with Gasteiger partial charge in [-0.25, -0.2) is 4.98 Å². The van der Waals surface area contributed by atoms with Gasteiger partial charge in [0.1, 0.15) is 5.65 Å². The standard InChI is InChI=1S/C11H13N3/c1-14(8-2-3-8)10-5-7-13-11-9(10)4-6-12-11/h4-8H,2-3H2,1H3,(H,12,13). The third-order valence-electron chi connectivity index (χ3n) is 2.91. The molecule has 1 N–H and O–H groups in total. The van der Waals surface area contributed by atoms with Gasteiger partial charge in [-0.2, -0.15) is 0 Å². The summed E-state index contributed by atoms with van der Waals surface area (Å²) in [6.45, 7) is 0. The van der Waals surface area contributed by atoms with Crippen LogP contribution in [0.2, 0.25) is 0 Å². The lowest BCUT2D eigenvalue weighted by Gasteiger charge is -2.19. The minimum Gasteiger partial charge on any atom is -0.371 e. The highest BCUT2D eigenvalue weighted by atomic mass is 15.2. The molecule has 72 valence electrons. The lowest BCUT2D eigenvalue weighted by molar-refractivity contribution is 0.921. The molecule has 0 amide bonds. The third kappa shape index (κ3) is 1.09. The van der Waals surface area contributed by atoms with Crippen LogP contribution in [0.5, 0.6) is 0 Å². The third-order valence-corrected chi connectivity index (χ3v) is 2.91. The zero-order valence-corrected chi connectivity index (χ0v) is 8.20. The molecule has 3 nitrogen and oxygen atoms in total. The van der Waals surface area contributed by atoms with Gasteiger partial charge in [0.15, 0.2) is 0 Å². The fraction of sp³-hybridized carbons (Fsp3) is 0.364. The molecule has 0 unspecified atom stereocenters. The number of H-pyrrole nitrogens is 1. The normalized spacial score (nSPS) is 16.1. The van der Waals surface area contributed by atoms with Crippen LogP contribution in [0.4, 0.5) is 5.69 Å². The van der Waals surface area contributed by atoms with Gasteiger partial charge < -0.3 is 9.88 Å². The van der Waals surface area contributed by atoms with Gasteiger partial charge >= 0.3 is 0 Å². The molecule has 0 aromatic carbocycles. The van der Waals surface area contributed by atoms with Gasteiger partial charge in [-0.1, -0.05) is 0 Å². The minimum absolute atomic E-state index is 0.746. The highest BCUT2D eigenvalue weighted by Gasteiger charge is 2.27. The van der Waals surface area contributed by atoms with Crippen molar-refractivity contribution in [3.05, 3.63) is 24.5 Å². The molecule has 2 aromatic rings. The predicted octanol–water partition coefficient (Wildman–Crippen LogP) is 2.16. The molecule has 1 saturated carbocycles. The first-order valence-corrected chi connectivity index (χ1v) is 5.01. The number of fused-ring (bicyclic) bond motifs is 1. The van der Waals surface area contributed by atoms with Crippen LogP contribution < -0.4 is 4.90 Å². The lowest BCUT2D eigenvalue weighted by atomic mass is 10.2. The van der Waals surface area contributed by atoms with Crippen molar-refractivity contribution in [1.82, 2.24) is 9.97 Å². The summed E-state index contributed by atoms with van der Waals surface area (Å²) in [6.07, 6.45) is 6.46. The zero-order valence-electron chi connectivity index (χ0n) is 8.20. The smallest absolute Gasteiger partial charge is 0.139 e. The monoisotopic (exact) mass is 187 g/mol. The number of hydrogen-bond donors (Lipinski definition) is 1. The average molecular weight is 187 g/mol. The summed E-state index contributed by atoms with van der Waals surface area (Å²) in [7, 11) is 2.17. The molecule has 0 atom stereocenters. The highest BCUT2D eigenvalue weighted by molar-refractivity contribution is 5.89. The van der Waals surface area contributed by atoms with Gasteiger partial charge in [0.2, 0.25) is 0 Å². The van der Waals surface area contributed by atoms with Crippen molar-refractivity contribution < 1.29 is 0 Å². The number of nitrogens with one attached hydrogen (secondary N) is 1. The van der Waals surface area contributed by atoms with Crippen molar-refractivity contribution in [2.75, 3.05) is 11.9 Å². The number of aromatic nitrogens is 2. The molecule has 0 bridgehead atoms. The molecule has 3 rings (SSSR count). The van der Waals surface area contributed by atoms with E-state index in [0.29, 0.717) is 0 Å². The molecule has 14 heavy (non-hydrogen) atoms. The van der Waals surface area contributed by atoms with Crippen molar-refractivity contribution in [3.8, 4) is 0 Å². The molecule has 1 aliphatic rings. The summed E-state index contributed by atoms with van der Waals surface area (Å²) >= 11 is 0. The van der Waals surface area contributed by atoms with E-state index in [2.05, 4.69) is 34.0 Å². The maximum Gasteiger partial charge on any atom is 0.139 e. The number of anilines is 1. The van der Waals surface area contributed by atoms with Gasteiger partial charge in [-0.05, 0) is 25.0 Å². The molecular weight excluding hydrogens is 174 g/mol. The van der Waals surface area contributed by atoms with Gasteiger partial charge in [-0.15, -0.1) is 0 Å². The Morgan fingerprint density at radius 1 is 1.43 bits per heavy atom. The Morgan fingerprint density at radius 3 is 3.07 bits per heavy atom. The fourth-order valence-electron chi connectivity index (χ4n) is 1.91. The first kappa shape index (κ1) is 7.85. The Labute approximate surface area is 82.8 Å². The van der Waals surface area contributed by atoms with Crippen LogP contribution in [0.25, 0.3) is 11.0 Å². The second kappa shape index (κ2) is 2.74. The second-order valence-corrected chi connectivity index (χ2v) is 3.91. The number of aromatic amines is 1. The van der Waals surface area contributed by atoms with Crippen LogP contribution in [0, 0.1) is 0 Å². The molecular formula is C11H13N3. The van der Waals surface area contributed by atoms with Crippen molar-refractivity contribution in [1.29, 1.82) is 0 Å². The number of nitrogens with zero attached hydrogens (tertiary/aromatic N) is 2. The molecule has 2 heterocycles. The molecule has 1 fully saturated rings. The van der Waals surface area contributed by atoms with Crippen LogP contribution >= 0.6 is 0 Å². The van der Waals surface area contributed by atoms with E-state index in [1.807, 2.05) is 12.4 Å². The zero-order chi connectivity index (χ0) is 9.54. The van der Waals surface area contributed by atoms with Crippen LogP contribution in [-0.4, -0.2) is 23.1 Å². The van der Waals surface area contributed by atoms with E-state index in [9.17, 15) is 0 Å². The molecule has 0 aliphatic heterocycles. The van der Waals surface area contributed by atoms with E-state index in [1.165, 1.54) is 23.9 Å². The van der Waals surface area contributed by atoms with E-state index < -0.39 is 0 Å². The summed E-state index contributed by atoms with van der Waals surface area (Å²) in [5, 5.41) is 1.22. The first-order chi connectivity index (χ1) is 6.86. The summed E-state index contributed by atoms with van der Waals surface area (Å²) in [5.74, 6) is 0. The van der Waals surface area contributed by atoms with E-state index in [4.69, 9.17) is 0 Å². The van der Waals surface area contributed by atoms with Gasteiger partial charge in [0.25, 0.3) is 0 Å². The van der Waals surface area contributed by atoms with E-state index >= 15 is 0 Å². The Morgan fingerprint density at radius 2 is 2.29 bits per heavy atom. The molecule has 1 aliphatic carbocycles. The highest BCUT2D eigenvalue weighted by Crippen LogP contribution is 2.33. The first-order valence-electron chi connectivity index (χ1n) is 5.01. The maximum atomic E-state index is 4.28. The van der Waals surface area contributed by atoms with Crippen LogP contribution in [-0.2, 0) is 0 Å². The Hall–Kier alpha value is -1.51. The molecule has 0 saturated heterocycles. The molecule has 3 heteroatoms. The number of hydrogen-bond acceptors (Lipinski definition) is 2. The van der Waals surface area contributed by atoms with E-state index in [1.54, 1.807) is 0 Å². The summed E-state index contributed by atoms with van der Waals surface area (Å²) in [6, 6.07) is 4.93. The predicted molar refractivity (Wildman–Crippen MR) is 57.5 cm³/mol. The van der Waals surface area contributed by atoms with Crippen molar-refractivity contribution >= 4 is 16.7 Å². The average Bonchev–Trinajstić information content (AvgIpc) is 2.94. The van der Waals surface area contributed by atoms with Gasteiger partial charge in [0.05, 0.1) is 0 Å². The number of pyridine rings is 1. The Bertz CT molecular complexity index is 456. The van der Waals surface area contributed by atoms with Crippen molar-refractivity contribution in [3.63, 3.8) is 0 Å². The summed E-state index contributed by atoms with van der Waals surface area (Å²) in [4.78, 5) is 9.78.